The summed E-state index contributed by atoms with van der Waals surface area (Å²) in [6.45, 7) is 6.52. The number of nitrogens with zero attached hydrogens (tertiary/aromatic N) is 4. The summed E-state index contributed by atoms with van der Waals surface area (Å²) < 4.78 is 7.49. The van der Waals surface area contributed by atoms with E-state index < -0.39 is 12.0 Å². The second kappa shape index (κ2) is 6.55. The van der Waals surface area contributed by atoms with E-state index >= 15 is 0 Å². The average molecular weight is 298 g/mol. The monoisotopic (exact) mass is 298 g/mol. The molecule has 0 saturated carbocycles. The predicted molar refractivity (Wildman–Crippen MR) is 75.7 cm³/mol. The maximum absolute atomic E-state index is 12.1. The molecule has 0 aliphatic carbocycles. The third-order valence-electron chi connectivity index (χ3n) is 3.21. The normalized spacial score (nSPS) is 12.3. The van der Waals surface area contributed by atoms with Crippen molar-refractivity contribution in [3.8, 4) is 0 Å². The van der Waals surface area contributed by atoms with Gasteiger partial charge in [0.2, 0.25) is 5.91 Å². The van der Waals surface area contributed by atoms with Gasteiger partial charge in [0.25, 0.3) is 0 Å². The van der Waals surface area contributed by atoms with Crippen LogP contribution in [0, 0.1) is 6.92 Å². The first-order valence-electron chi connectivity index (χ1n) is 6.71. The summed E-state index contributed by atoms with van der Waals surface area (Å²) in [7, 11) is 3.08. The molecule has 1 heterocycles. The van der Waals surface area contributed by atoms with Gasteiger partial charge >= 0.3 is 11.7 Å². The van der Waals surface area contributed by atoms with Gasteiger partial charge in [0.1, 0.15) is 18.4 Å². The second-order valence-corrected chi connectivity index (χ2v) is 5.21. The van der Waals surface area contributed by atoms with Crippen molar-refractivity contribution in [2.75, 3.05) is 7.05 Å². The Bertz CT molecular complexity index is 587. The molecule has 8 heteroatoms. The Morgan fingerprint density at radius 1 is 1.33 bits per heavy atom. The highest BCUT2D eigenvalue weighted by Crippen LogP contribution is 2.03. The van der Waals surface area contributed by atoms with Crippen molar-refractivity contribution < 1.29 is 14.3 Å². The average Bonchev–Trinajstić information content (AvgIpc) is 2.63. The quantitative estimate of drug-likeness (QED) is 0.696. The number of carbonyl (C=O) groups excluding carboxylic acids is 2. The van der Waals surface area contributed by atoms with E-state index in [1.807, 2.05) is 0 Å². The smallest absolute Gasteiger partial charge is 0.346 e. The van der Waals surface area contributed by atoms with E-state index in [-0.39, 0.29) is 24.2 Å². The summed E-state index contributed by atoms with van der Waals surface area (Å²) in [6.07, 6.45) is -0.246. The highest BCUT2D eigenvalue weighted by Gasteiger charge is 2.25. The van der Waals surface area contributed by atoms with Crippen LogP contribution in [0.2, 0.25) is 0 Å². The molecule has 0 N–H and O–H groups in total. The van der Waals surface area contributed by atoms with Gasteiger partial charge in [-0.2, -0.15) is 5.10 Å². The predicted octanol–water partition coefficient (Wildman–Crippen LogP) is -0.311. The van der Waals surface area contributed by atoms with Gasteiger partial charge in [0.05, 0.1) is 6.10 Å². The lowest BCUT2D eigenvalue weighted by Crippen LogP contribution is -2.44. The van der Waals surface area contributed by atoms with Crippen LogP contribution < -0.4 is 5.69 Å². The Morgan fingerprint density at radius 2 is 1.90 bits per heavy atom. The number of aromatic nitrogens is 3. The van der Waals surface area contributed by atoms with Gasteiger partial charge in [-0.15, -0.1) is 0 Å². The number of likely N-dealkylation sites (N-methyl/N-ethyl adjacent to an activating group) is 1. The van der Waals surface area contributed by atoms with E-state index in [2.05, 4.69) is 5.10 Å². The molecule has 118 valence electrons. The lowest BCUT2D eigenvalue weighted by atomic mass is 10.3. The molecule has 1 amide bonds. The zero-order valence-corrected chi connectivity index (χ0v) is 13.3. The summed E-state index contributed by atoms with van der Waals surface area (Å²) >= 11 is 0. The molecular weight excluding hydrogens is 276 g/mol. The third-order valence-corrected chi connectivity index (χ3v) is 3.21. The second-order valence-electron chi connectivity index (χ2n) is 5.21. The minimum atomic E-state index is -0.722. The fourth-order valence-corrected chi connectivity index (χ4v) is 1.64. The standard InChI is InChI=1S/C13H22N4O4/c1-8(2)21-12(19)9(3)15(5)11(18)7-17-13(20)16(6)10(4)14-17/h8-9H,7H2,1-6H3/t9-/m0/s1. The van der Waals surface area contributed by atoms with Crippen LogP contribution in [-0.4, -0.2) is 50.3 Å². The van der Waals surface area contributed by atoms with Crippen molar-refractivity contribution in [1.29, 1.82) is 0 Å². The van der Waals surface area contributed by atoms with Crippen LogP contribution in [-0.2, 0) is 27.9 Å². The molecule has 0 spiro atoms. The van der Waals surface area contributed by atoms with Crippen LogP contribution in [0.5, 0.6) is 0 Å². The highest BCUT2D eigenvalue weighted by molar-refractivity contribution is 5.83. The van der Waals surface area contributed by atoms with Gasteiger partial charge in [-0.1, -0.05) is 0 Å². The number of aryl methyl sites for hydroxylation is 1. The zero-order valence-electron chi connectivity index (χ0n) is 13.3. The lowest BCUT2D eigenvalue weighted by molar-refractivity contribution is -0.156. The molecule has 0 aliphatic rings. The fourth-order valence-electron chi connectivity index (χ4n) is 1.64. The van der Waals surface area contributed by atoms with Crippen molar-refractivity contribution in [3.05, 3.63) is 16.3 Å². The minimum Gasteiger partial charge on any atom is -0.461 e. The Balaban J connectivity index is 2.77. The Morgan fingerprint density at radius 3 is 2.33 bits per heavy atom. The van der Waals surface area contributed by atoms with Crippen LogP contribution in [0.3, 0.4) is 0 Å². The minimum absolute atomic E-state index is 0.212. The number of rotatable bonds is 5. The van der Waals surface area contributed by atoms with Crippen molar-refractivity contribution in [3.63, 3.8) is 0 Å². The molecule has 1 aromatic rings. The Labute approximate surface area is 123 Å². The molecule has 1 aromatic heterocycles. The first-order valence-corrected chi connectivity index (χ1v) is 6.71. The number of esters is 1. The molecule has 0 aromatic carbocycles. The maximum atomic E-state index is 12.1. The molecule has 0 unspecified atom stereocenters. The highest BCUT2D eigenvalue weighted by atomic mass is 16.5. The van der Waals surface area contributed by atoms with Crippen LogP contribution >= 0.6 is 0 Å². The summed E-state index contributed by atoms with van der Waals surface area (Å²) in [5, 5.41) is 3.99. The Kier molecular flexibility index (Phi) is 5.28. The first-order chi connectivity index (χ1) is 9.65. The van der Waals surface area contributed by atoms with Gasteiger partial charge in [-0.25, -0.2) is 14.3 Å². The van der Waals surface area contributed by atoms with Crippen molar-refractivity contribution in [2.24, 2.45) is 7.05 Å². The van der Waals surface area contributed by atoms with Crippen LogP contribution in [0.15, 0.2) is 4.79 Å². The summed E-state index contributed by atoms with van der Waals surface area (Å²) in [6, 6.07) is -0.722. The van der Waals surface area contributed by atoms with Crippen LogP contribution in [0.1, 0.15) is 26.6 Å². The molecule has 0 saturated heterocycles. The molecule has 0 aliphatic heterocycles. The van der Waals surface area contributed by atoms with Crippen molar-refractivity contribution >= 4 is 11.9 Å². The fraction of sp³-hybridized carbons (Fsp3) is 0.692. The van der Waals surface area contributed by atoms with E-state index in [9.17, 15) is 14.4 Å². The summed E-state index contributed by atoms with van der Waals surface area (Å²) in [4.78, 5) is 36.9. The number of amides is 1. The van der Waals surface area contributed by atoms with E-state index in [1.165, 1.54) is 16.5 Å². The topological polar surface area (TPSA) is 86.4 Å². The van der Waals surface area contributed by atoms with Crippen molar-refractivity contribution in [1.82, 2.24) is 19.2 Å². The zero-order chi connectivity index (χ0) is 16.3. The molecular formula is C13H22N4O4. The van der Waals surface area contributed by atoms with Gasteiger partial charge in [-0.05, 0) is 27.7 Å². The van der Waals surface area contributed by atoms with Gasteiger partial charge < -0.3 is 9.64 Å². The lowest BCUT2D eigenvalue weighted by Gasteiger charge is -2.24. The van der Waals surface area contributed by atoms with Crippen molar-refractivity contribution in [2.45, 2.75) is 46.4 Å². The van der Waals surface area contributed by atoms with Gasteiger partial charge in [0, 0.05) is 14.1 Å². The molecule has 0 bridgehead atoms. The number of hydrogen-bond acceptors (Lipinski definition) is 5. The van der Waals surface area contributed by atoms with E-state index in [0.29, 0.717) is 5.82 Å². The molecule has 0 radical (unpaired) electrons. The SMILES string of the molecule is Cc1nn(CC(=O)N(C)[C@@H](C)C(=O)OC(C)C)c(=O)n1C. The largest absolute Gasteiger partial charge is 0.461 e. The molecule has 0 fully saturated rings. The number of hydrogen-bond donors (Lipinski definition) is 0. The van der Waals surface area contributed by atoms with E-state index in [1.54, 1.807) is 34.7 Å². The van der Waals surface area contributed by atoms with Crippen LogP contribution in [0.4, 0.5) is 0 Å². The maximum Gasteiger partial charge on any atom is 0.346 e. The number of ether oxygens (including phenoxy) is 1. The summed E-state index contributed by atoms with van der Waals surface area (Å²) in [5.41, 5.74) is -0.369. The molecule has 21 heavy (non-hydrogen) atoms. The third kappa shape index (κ3) is 3.93. The first kappa shape index (κ1) is 16.9. The van der Waals surface area contributed by atoms with Crippen LogP contribution in [0.25, 0.3) is 0 Å². The van der Waals surface area contributed by atoms with E-state index in [0.717, 1.165) is 4.68 Å². The van der Waals surface area contributed by atoms with Gasteiger partial charge in [0.15, 0.2) is 0 Å². The molecule has 1 rings (SSSR count). The molecule has 8 nitrogen and oxygen atoms in total. The molecule has 1 atom stereocenters. The Hall–Kier alpha value is -2.12. The van der Waals surface area contributed by atoms with Gasteiger partial charge in [-0.3, -0.25) is 9.36 Å². The number of carbonyl (C=O) groups is 2. The van der Waals surface area contributed by atoms with E-state index in [4.69, 9.17) is 4.74 Å². The summed E-state index contributed by atoms with van der Waals surface area (Å²) in [5.74, 6) is -0.350.